The average Bonchev–Trinajstić information content (AvgIpc) is 2.48. The Kier molecular flexibility index (Phi) is 4.17. The molecule has 0 aliphatic carbocycles. The van der Waals surface area contributed by atoms with Crippen LogP contribution in [0.3, 0.4) is 0 Å². The van der Waals surface area contributed by atoms with Gasteiger partial charge in [-0.3, -0.25) is 4.98 Å². The summed E-state index contributed by atoms with van der Waals surface area (Å²) in [6.07, 6.45) is 10.6. The van der Waals surface area contributed by atoms with Crippen LogP contribution in [-0.2, 0) is 0 Å². The summed E-state index contributed by atoms with van der Waals surface area (Å²) in [4.78, 5) is 8.05. The Morgan fingerprint density at radius 3 is 2.45 bits per heavy atom. The van der Waals surface area contributed by atoms with Gasteiger partial charge < -0.3 is 4.74 Å². The van der Waals surface area contributed by atoms with Gasteiger partial charge in [0.15, 0.2) is 5.72 Å². The standard InChI is InChI=1S/C12H11NO.C5H5N/c1-4-9-5-6-11-10(7-9)8-13-12(2,3)14-11;1-2-4-6-5-3-1/h1,5-8H,2-3H3;1-5H. The third-order valence-corrected chi connectivity index (χ3v) is 2.62. The first-order chi connectivity index (χ1) is 9.61. The molecule has 1 aromatic heterocycles. The monoisotopic (exact) mass is 264 g/mol. The lowest BCUT2D eigenvalue weighted by molar-refractivity contribution is 0.116. The molecule has 0 saturated heterocycles. The minimum Gasteiger partial charge on any atom is -0.466 e. The molecular weight excluding hydrogens is 248 g/mol. The van der Waals surface area contributed by atoms with Gasteiger partial charge in [-0.15, -0.1) is 6.42 Å². The minimum atomic E-state index is -0.468. The number of benzene rings is 1. The Morgan fingerprint density at radius 1 is 1.15 bits per heavy atom. The number of ether oxygens (including phenoxy) is 1. The maximum absolute atomic E-state index is 5.65. The van der Waals surface area contributed by atoms with Crippen LogP contribution in [0.25, 0.3) is 0 Å². The Hall–Kier alpha value is -2.60. The van der Waals surface area contributed by atoms with Crippen LogP contribution in [0.4, 0.5) is 0 Å². The second-order valence-electron chi connectivity index (χ2n) is 4.73. The molecule has 20 heavy (non-hydrogen) atoms. The van der Waals surface area contributed by atoms with Crippen molar-refractivity contribution < 1.29 is 4.74 Å². The number of nitrogens with zero attached hydrogens (tertiary/aromatic N) is 2. The quantitative estimate of drug-likeness (QED) is 0.684. The Bertz CT molecular complexity index is 613. The molecule has 0 N–H and O–H groups in total. The van der Waals surface area contributed by atoms with Crippen LogP contribution in [0.2, 0.25) is 0 Å². The summed E-state index contributed by atoms with van der Waals surface area (Å²) < 4.78 is 5.65. The number of hydrogen-bond acceptors (Lipinski definition) is 3. The summed E-state index contributed by atoms with van der Waals surface area (Å²) in [5.74, 6) is 3.42. The maximum atomic E-state index is 5.65. The van der Waals surface area contributed by atoms with Gasteiger partial charge in [-0.1, -0.05) is 12.0 Å². The molecule has 0 bridgehead atoms. The SMILES string of the molecule is C#Cc1ccc2c(c1)C=NC(C)(C)O2.c1ccncc1. The normalized spacial score (nSPS) is 14.1. The van der Waals surface area contributed by atoms with Gasteiger partial charge in [-0.05, 0) is 44.2 Å². The fourth-order valence-corrected chi connectivity index (χ4v) is 1.67. The lowest BCUT2D eigenvalue weighted by Gasteiger charge is -2.26. The third-order valence-electron chi connectivity index (χ3n) is 2.62. The highest BCUT2D eigenvalue weighted by atomic mass is 16.5. The van der Waals surface area contributed by atoms with Crippen LogP contribution in [-0.4, -0.2) is 16.9 Å². The summed E-state index contributed by atoms with van der Waals surface area (Å²) in [5, 5.41) is 0. The molecular formula is C17H16N2O. The van der Waals surface area contributed by atoms with Gasteiger partial charge in [0.1, 0.15) is 5.75 Å². The second-order valence-corrected chi connectivity index (χ2v) is 4.73. The van der Waals surface area contributed by atoms with E-state index in [2.05, 4.69) is 15.9 Å². The van der Waals surface area contributed by atoms with Crippen LogP contribution in [0.1, 0.15) is 25.0 Å². The number of fused-ring (bicyclic) bond motifs is 1. The van der Waals surface area contributed by atoms with Gasteiger partial charge in [0.2, 0.25) is 0 Å². The largest absolute Gasteiger partial charge is 0.466 e. The van der Waals surface area contributed by atoms with Crippen LogP contribution in [0.15, 0.2) is 53.8 Å². The Morgan fingerprint density at radius 2 is 1.90 bits per heavy atom. The topological polar surface area (TPSA) is 34.5 Å². The van der Waals surface area contributed by atoms with E-state index in [0.717, 1.165) is 16.9 Å². The highest BCUT2D eigenvalue weighted by Crippen LogP contribution is 2.27. The molecule has 0 radical (unpaired) electrons. The smallest absolute Gasteiger partial charge is 0.194 e. The molecule has 0 unspecified atom stereocenters. The number of pyridine rings is 1. The van der Waals surface area contributed by atoms with E-state index in [1.807, 2.05) is 50.2 Å². The number of terminal acetylenes is 1. The van der Waals surface area contributed by atoms with E-state index in [1.165, 1.54) is 0 Å². The molecule has 1 aliphatic rings. The van der Waals surface area contributed by atoms with Crippen LogP contribution >= 0.6 is 0 Å². The lowest BCUT2D eigenvalue weighted by atomic mass is 10.1. The van der Waals surface area contributed by atoms with Crippen LogP contribution < -0.4 is 4.74 Å². The van der Waals surface area contributed by atoms with E-state index in [1.54, 1.807) is 18.6 Å². The molecule has 2 heterocycles. The molecule has 3 heteroatoms. The highest BCUT2D eigenvalue weighted by molar-refractivity contribution is 5.85. The molecule has 0 saturated carbocycles. The van der Waals surface area contributed by atoms with Crippen molar-refractivity contribution in [3.8, 4) is 18.1 Å². The predicted octanol–water partition coefficient (Wildman–Crippen LogP) is 3.30. The van der Waals surface area contributed by atoms with Gasteiger partial charge in [0, 0.05) is 29.7 Å². The fraction of sp³-hybridized carbons (Fsp3) is 0.176. The molecule has 3 rings (SSSR count). The van der Waals surface area contributed by atoms with E-state index in [4.69, 9.17) is 11.2 Å². The van der Waals surface area contributed by atoms with Crippen molar-refractivity contribution >= 4 is 6.21 Å². The molecule has 0 amide bonds. The summed E-state index contributed by atoms with van der Waals surface area (Å²) in [6, 6.07) is 11.4. The fourth-order valence-electron chi connectivity index (χ4n) is 1.67. The molecule has 0 atom stereocenters. The summed E-state index contributed by atoms with van der Waals surface area (Å²) in [5.41, 5.74) is 1.32. The molecule has 0 fully saturated rings. The second kappa shape index (κ2) is 6.03. The summed E-state index contributed by atoms with van der Waals surface area (Å²) >= 11 is 0. The Labute approximate surface area is 119 Å². The highest BCUT2D eigenvalue weighted by Gasteiger charge is 2.22. The van der Waals surface area contributed by atoms with E-state index >= 15 is 0 Å². The zero-order valence-electron chi connectivity index (χ0n) is 11.6. The van der Waals surface area contributed by atoms with Crippen LogP contribution in [0.5, 0.6) is 5.75 Å². The van der Waals surface area contributed by atoms with E-state index < -0.39 is 5.72 Å². The van der Waals surface area contributed by atoms with Crippen molar-refractivity contribution in [2.24, 2.45) is 4.99 Å². The van der Waals surface area contributed by atoms with Gasteiger partial charge in [-0.25, -0.2) is 4.99 Å². The predicted molar refractivity (Wildman–Crippen MR) is 80.9 cm³/mol. The first-order valence-corrected chi connectivity index (χ1v) is 6.31. The summed E-state index contributed by atoms with van der Waals surface area (Å²) in [6.45, 7) is 3.84. The zero-order chi connectivity index (χ0) is 14.4. The molecule has 1 aliphatic heterocycles. The van der Waals surface area contributed by atoms with Gasteiger partial charge in [0.05, 0.1) is 0 Å². The molecule has 100 valence electrons. The minimum absolute atomic E-state index is 0.468. The van der Waals surface area contributed by atoms with Gasteiger partial charge in [0.25, 0.3) is 0 Å². The van der Waals surface area contributed by atoms with Crippen molar-refractivity contribution in [3.63, 3.8) is 0 Å². The van der Waals surface area contributed by atoms with Crippen LogP contribution in [0, 0.1) is 12.3 Å². The number of rotatable bonds is 0. The van der Waals surface area contributed by atoms with E-state index in [9.17, 15) is 0 Å². The molecule has 1 aromatic carbocycles. The third kappa shape index (κ3) is 3.69. The Balaban J connectivity index is 0.000000205. The first kappa shape index (κ1) is 13.8. The zero-order valence-corrected chi connectivity index (χ0v) is 11.6. The van der Waals surface area contributed by atoms with E-state index in [-0.39, 0.29) is 0 Å². The van der Waals surface area contributed by atoms with Crippen molar-refractivity contribution in [3.05, 3.63) is 59.9 Å². The maximum Gasteiger partial charge on any atom is 0.194 e. The lowest BCUT2D eigenvalue weighted by Crippen LogP contribution is -2.28. The number of aromatic nitrogens is 1. The van der Waals surface area contributed by atoms with Crippen molar-refractivity contribution in [2.75, 3.05) is 0 Å². The number of aliphatic imine (C=N–C) groups is 1. The average molecular weight is 264 g/mol. The molecule has 2 aromatic rings. The number of hydrogen-bond donors (Lipinski definition) is 0. The van der Waals surface area contributed by atoms with Gasteiger partial charge in [-0.2, -0.15) is 0 Å². The first-order valence-electron chi connectivity index (χ1n) is 6.31. The van der Waals surface area contributed by atoms with Crippen molar-refractivity contribution in [1.82, 2.24) is 4.98 Å². The molecule has 0 spiro atoms. The van der Waals surface area contributed by atoms with E-state index in [0.29, 0.717) is 0 Å². The van der Waals surface area contributed by atoms with Gasteiger partial charge >= 0.3 is 0 Å². The van der Waals surface area contributed by atoms with Crippen molar-refractivity contribution in [1.29, 1.82) is 0 Å². The summed E-state index contributed by atoms with van der Waals surface area (Å²) in [7, 11) is 0. The van der Waals surface area contributed by atoms with Crippen molar-refractivity contribution in [2.45, 2.75) is 19.6 Å². The molecule has 3 nitrogen and oxygen atoms in total.